The molecule has 0 aromatic heterocycles. The molecule has 0 unspecified atom stereocenters. The highest BCUT2D eigenvalue weighted by Gasteiger charge is 2.00. The minimum Gasteiger partial charge on any atom is -0.478 e. The second kappa shape index (κ2) is 7.42. The number of aliphatic carboxylic acids is 1. The molecule has 0 radical (unpaired) electrons. The molecule has 2 nitrogen and oxygen atoms in total. The second-order valence-electron chi connectivity index (χ2n) is 2.87. The second-order valence-corrected chi connectivity index (χ2v) is 2.87. The lowest BCUT2D eigenvalue weighted by molar-refractivity contribution is -0.132. The molecule has 0 amide bonds. The topological polar surface area (TPSA) is 37.3 Å². The van der Waals surface area contributed by atoms with Crippen LogP contribution in [0.25, 0.3) is 0 Å². The van der Waals surface area contributed by atoms with Crippen LogP contribution >= 0.6 is 0 Å². The van der Waals surface area contributed by atoms with E-state index in [-0.39, 0.29) is 5.57 Å². The van der Waals surface area contributed by atoms with Gasteiger partial charge in [0.25, 0.3) is 0 Å². The van der Waals surface area contributed by atoms with Crippen molar-refractivity contribution in [2.75, 3.05) is 0 Å². The van der Waals surface area contributed by atoms with Crippen molar-refractivity contribution in [2.24, 2.45) is 0 Å². The van der Waals surface area contributed by atoms with Crippen LogP contribution in [0.5, 0.6) is 0 Å². The van der Waals surface area contributed by atoms with Crippen molar-refractivity contribution in [3.63, 3.8) is 0 Å². The van der Waals surface area contributed by atoms with Crippen LogP contribution in [0.1, 0.15) is 39.0 Å². The first-order valence-electron chi connectivity index (χ1n) is 4.55. The highest BCUT2D eigenvalue weighted by Crippen LogP contribution is 2.01. The molecule has 1 N–H and O–H groups in total. The number of hydrogen-bond acceptors (Lipinski definition) is 1. The molecule has 0 saturated heterocycles. The summed E-state index contributed by atoms with van der Waals surface area (Å²) in [5, 5.41) is 8.48. The minimum atomic E-state index is -0.921. The van der Waals surface area contributed by atoms with Crippen molar-refractivity contribution in [1.82, 2.24) is 0 Å². The maximum absolute atomic E-state index is 10.3. The Bertz CT molecular complexity index is 230. The van der Waals surface area contributed by atoms with Gasteiger partial charge in [0.15, 0.2) is 0 Å². The summed E-state index contributed by atoms with van der Waals surface area (Å²) in [4.78, 5) is 10.3. The third-order valence-corrected chi connectivity index (χ3v) is 1.63. The lowest BCUT2D eigenvalue weighted by Crippen LogP contribution is -1.97. The van der Waals surface area contributed by atoms with E-state index in [9.17, 15) is 4.79 Å². The molecule has 0 fully saturated rings. The third kappa shape index (κ3) is 7.14. The SMILES string of the molecule is C=C(CCC#CCCCC)C(=O)O. The van der Waals surface area contributed by atoms with Gasteiger partial charge in [-0.2, -0.15) is 0 Å². The number of unbranched alkanes of at least 4 members (excludes halogenated alkanes) is 2. The van der Waals surface area contributed by atoms with Crippen molar-refractivity contribution in [3.8, 4) is 11.8 Å². The fourth-order valence-corrected chi connectivity index (χ4v) is 0.762. The van der Waals surface area contributed by atoms with E-state index in [0.717, 1.165) is 19.3 Å². The van der Waals surface area contributed by atoms with E-state index in [1.165, 1.54) is 0 Å². The molecular formula is C11H16O2. The number of rotatable bonds is 5. The number of carboxylic acid groups (broad SMARTS) is 1. The molecule has 0 rings (SSSR count). The summed E-state index contributed by atoms with van der Waals surface area (Å²) in [5.41, 5.74) is 0.241. The highest BCUT2D eigenvalue weighted by atomic mass is 16.4. The van der Waals surface area contributed by atoms with Gasteiger partial charge in [-0.05, 0) is 12.8 Å². The summed E-state index contributed by atoms with van der Waals surface area (Å²) in [7, 11) is 0. The van der Waals surface area contributed by atoms with E-state index >= 15 is 0 Å². The zero-order valence-corrected chi connectivity index (χ0v) is 8.10. The number of carboxylic acids is 1. The van der Waals surface area contributed by atoms with Crippen LogP contribution in [0.3, 0.4) is 0 Å². The highest BCUT2D eigenvalue weighted by molar-refractivity contribution is 5.85. The van der Waals surface area contributed by atoms with Gasteiger partial charge in [0.1, 0.15) is 0 Å². The molecule has 0 aliphatic carbocycles. The zero-order valence-electron chi connectivity index (χ0n) is 8.10. The molecule has 0 bridgehead atoms. The predicted octanol–water partition coefficient (Wildman–Crippen LogP) is 2.60. The van der Waals surface area contributed by atoms with Gasteiger partial charge in [-0.3, -0.25) is 0 Å². The Kier molecular flexibility index (Phi) is 6.72. The standard InChI is InChI=1S/C11H16O2/c1-3-4-5-6-7-8-9-10(2)11(12)13/h2-5,8-9H2,1H3,(H,12,13). The fourth-order valence-electron chi connectivity index (χ4n) is 0.762. The van der Waals surface area contributed by atoms with Crippen LogP contribution < -0.4 is 0 Å². The fraction of sp³-hybridized carbons (Fsp3) is 0.545. The van der Waals surface area contributed by atoms with Gasteiger partial charge in [-0.25, -0.2) is 4.79 Å². The van der Waals surface area contributed by atoms with E-state index in [1.807, 2.05) is 0 Å². The van der Waals surface area contributed by atoms with Crippen LogP contribution in [0.15, 0.2) is 12.2 Å². The largest absolute Gasteiger partial charge is 0.478 e. The van der Waals surface area contributed by atoms with Gasteiger partial charge < -0.3 is 5.11 Å². The summed E-state index contributed by atoms with van der Waals surface area (Å²) < 4.78 is 0. The lowest BCUT2D eigenvalue weighted by Gasteiger charge is -1.93. The lowest BCUT2D eigenvalue weighted by atomic mass is 10.1. The van der Waals surface area contributed by atoms with Crippen molar-refractivity contribution >= 4 is 5.97 Å². The van der Waals surface area contributed by atoms with E-state index in [1.54, 1.807) is 0 Å². The molecule has 0 heterocycles. The Morgan fingerprint density at radius 1 is 1.38 bits per heavy atom. The molecule has 13 heavy (non-hydrogen) atoms. The van der Waals surface area contributed by atoms with Crippen molar-refractivity contribution in [2.45, 2.75) is 39.0 Å². The Morgan fingerprint density at radius 2 is 2.00 bits per heavy atom. The van der Waals surface area contributed by atoms with Crippen molar-refractivity contribution < 1.29 is 9.90 Å². The summed E-state index contributed by atoms with van der Waals surface area (Å²) >= 11 is 0. The molecule has 0 atom stereocenters. The molecule has 0 aromatic carbocycles. The van der Waals surface area contributed by atoms with Gasteiger partial charge in [-0.15, -0.1) is 11.8 Å². The Balaban J connectivity index is 3.47. The van der Waals surface area contributed by atoms with Crippen molar-refractivity contribution in [3.05, 3.63) is 12.2 Å². The average Bonchev–Trinajstić information content (AvgIpc) is 2.10. The van der Waals surface area contributed by atoms with Crippen LogP contribution in [0, 0.1) is 11.8 Å². The van der Waals surface area contributed by atoms with Gasteiger partial charge in [0.05, 0.1) is 0 Å². The summed E-state index contributed by atoms with van der Waals surface area (Å²) in [5.74, 6) is 5.01. The van der Waals surface area contributed by atoms with Gasteiger partial charge >= 0.3 is 5.97 Å². The van der Waals surface area contributed by atoms with E-state index in [4.69, 9.17) is 5.11 Å². The summed E-state index contributed by atoms with van der Waals surface area (Å²) in [6.45, 7) is 5.54. The summed E-state index contributed by atoms with van der Waals surface area (Å²) in [6.07, 6.45) is 4.25. The molecule has 72 valence electrons. The Hall–Kier alpha value is -1.23. The molecule has 0 aromatic rings. The molecule has 0 aliphatic rings. The number of carbonyl (C=O) groups is 1. The normalized spacial score (nSPS) is 8.69. The van der Waals surface area contributed by atoms with Gasteiger partial charge in [0, 0.05) is 18.4 Å². The third-order valence-electron chi connectivity index (χ3n) is 1.63. The van der Waals surface area contributed by atoms with Crippen LogP contribution in [-0.4, -0.2) is 11.1 Å². The maximum atomic E-state index is 10.3. The van der Waals surface area contributed by atoms with Gasteiger partial charge in [0.2, 0.25) is 0 Å². The molecule has 0 aliphatic heterocycles. The minimum absolute atomic E-state index is 0.241. The van der Waals surface area contributed by atoms with Crippen LogP contribution in [0.2, 0.25) is 0 Å². The monoisotopic (exact) mass is 180 g/mol. The first-order valence-corrected chi connectivity index (χ1v) is 4.55. The average molecular weight is 180 g/mol. The predicted molar refractivity (Wildman–Crippen MR) is 53.3 cm³/mol. The Labute approximate surface area is 79.7 Å². The van der Waals surface area contributed by atoms with Crippen LogP contribution in [0.4, 0.5) is 0 Å². The summed E-state index contributed by atoms with van der Waals surface area (Å²) in [6, 6.07) is 0. The van der Waals surface area contributed by atoms with E-state index in [2.05, 4.69) is 25.3 Å². The quantitative estimate of drug-likeness (QED) is 0.401. The molecule has 2 heteroatoms. The molecular weight excluding hydrogens is 164 g/mol. The van der Waals surface area contributed by atoms with Gasteiger partial charge in [-0.1, -0.05) is 19.9 Å². The Morgan fingerprint density at radius 3 is 2.54 bits per heavy atom. The zero-order chi connectivity index (χ0) is 10.1. The first-order chi connectivity index (χ1) is 6.18. The van der Waals surface area contributed by atoms with Crippen LogP contribution in [-0.2, 0) is 4.79 Å². The van der Waals surface area contributed by atoms with Crippen molar-refractivity contribution in [1.29, 1.82) is 0 Å². The molecule has 0 spiro atoms. The molecule has 0 saturated carbocycles. The first kappa shape index (κ1) is 11.8. The maximum Gasteiger partial charge on any atom is 0.330 e. The number of hydrogen-bond donors (Lipinski definition) is 1. The smallest absolute Gasteiger partial charge is 0.330 e. The van der Waals surface area contributed by atoms with E-state index in [0.29, 0.717) is 12.8 Å². The van der Waals surface area contributed by atoms with E-state index < -0.39 is 5.97 Å².